The maximum absolute atomic E-state index is 14.7. The van der Waals surface area contributed by atoms with Gasteiger partial charge in [-0.2, -0.15) is 0 Å². The average molecular weight is 957 g/mol. The summed E-state index contributed by atoms with van der Waals surface area (Å²) < 4.78 is 42.6. The molecule has 370 valence electrons. The monoisotopic (exact) mass is 956 g/mol. The molecule has 0 spiro atoms. The lowest BCUT2D eigenvalue weighted by molar-refractivity contribution is -0.175. The number of benzene rings is 3. The first-order chi connectivity index (χ1) is 32.7. The van der Waals surface area contributed by atoms with Gasteiger partial charge in [0.05, 0.1) is 31.2 Å². The van der Waals surface area contributed by atoms with E-state index in [1.807, 2.05) is 91.0 Å². The molecule has 3 aromatic carbocycles. The Labute approximate surface area is 402 Å². The predicted octanol–water partition coefficient (Wildman–Crippen LogP) is 10.2. The Morgan fingerprint density at radius 3 is 1.88 bits per heavy atom. The van der Waals surface area contributed by atoms with Gasteiger partial charge in [-0.1, -0.05) is 112 Å². The van der Waals surface area contributed by atoms with E-state index in [1.54, 1.807) is 0 Å². The minimum atomic E-state index is -3.78. The normalized spacial score (nSPS) is 29.2. The van der Waals surface area contributed by atoms with Crippen LogP contribution in [0.2, 0.25) is 0 Å². The van der Waals surface area contributed by atoms with E-state index in [-0.39, 0.29) is 86.6 Å². The summed E-state index contributed by atoms with van der Waals surface area (Å²) in [5, 5.41) is 22.4. The van der Waals surface area contributed by atoms with Crippen LogP contribution in [0.3, 0.4) is 0 Å². The van der Waals surface area contributed by atoms with Crippen LogP contribution in [-0.2, 0) is 67.0 Å². The second-order valence-electron chi connectivity index (χ2n) is 20.8. The fourth-order valence-corrected chi connectivity index (χ4v) is 15.1. The van der Waals surface area contributed by atoms with Gasteiger partial charge in [-0.3, -0.25) is 23.7 Å². The zero-order valence-electron chi connectivity index (χ0n) is 40.2. The summed E-state index contributed by atoms with van der Waals surface area (Å²) in [6, 6.07) is 27.5. The molecule has 12 nitrogen and oxygen atoms in total. The first kappa shape index (κ1) is 51.5. The van der Waals surface area contributed by atoms with Crippen LogP contribution in [0.5, 0.6) is 0 Å². The van der Waals surface area contributed by atoms with Crippen LogP contribution in [0.25, 0.3) is 0 Å². The zero-order chi connectivity index (χ0) is 48.3. The predicted molar refractivity (Wildman–Crippen MR) is 256 cm³/mol. The Hall–Kier alpha value is -4.35. The number of hydrogen-bond donors (Lipinski definition) is 2. The maximum atomic E-state index is 14.7. The van der Waals surface area contributed by atoms with E-state index < -0.39 is 50.1 Å². The number of fused-ring (bicyclic) bond motifs is 5. The fraction of sp³-hybridized carbons (Fsp3) is 0.600. The standard InChI is InChI=1S/C55H73O12P/c1-38(46-23-24-47-45-22-21-43-31-44(56)27-29-54(43,2)48(45)32-49(57)55(46,47)3)19-25-51(59)65-37-66-52(60)28-30-68(62,67-35-41-17-11-6-12-18-41)36-42(53(61)64-34-40-15-9-5-10-16-40)20-26-50(58)63-33-39-13-7-4-8-14-39/h4-18,38,42-49,56-57H,19-37H2,1-3H3/t38-,42?,43-,44-,45?,46?,47?,48?,49+,54+,55-,68?/m1/s1. The molecule has 0 amide bonds. The van der Waals surface area contributed by atoms with Gasteiger partial charge in [-0.25, -0.2) is 0 Å². The molecule has 0 saturated heterocycles. The van der Waals surface area contributed by atoms with Gasteiger partial charge in [0, 0.05) is 25.2 Å². The minimum absolute atomic E-state index is 0.0204. The topological polar surface area (TPSA) is 172 Å². The molecule has 0 bridgehead atoms. The van der Waals surface area contributed by atoms with Gasteiger partial charge in [-0.15, -0.1) is 0 Å². The van der Waals surface area contributed by atoms with Crippen molar-refractivity contribution in [2.45, 2.75) is 136 Å². The van der Waals surface area contributed by atoms with Crippen LogP contribution < -0.4 is 0 Å². The molecule has 0 aliphatic heterocycles. The van der Waals surface area contributed by atoms with Crippen molar-refractivity contribution in [2.75, 3.05) is 19.1 Å². The summed E-state index contributed by atoms with van der Waals surface area (Å²) in [5.74, 6) is -0.986. The smallest absolute Gasteiger partial charge is 0.309 e. The number of carbonyl (C=O) groups excluding carboxylic acids is 4. The largest absolute Gasteiger partial charge is 0.461 e. The van der Waals surface area contributed by atoms with Crippen molar-refractivity contribution < 1.29 is 57.4 Å². The van der Waals surface area contributed by atoms with Gasteiger partial charge < -0.3 is 33.7 Å². The van der Waals surface area contributed by atoms with Gasteiger partial charge in [-0.05, 0) is 127 Å². The summed E-state index contributed by atoms with van der Waals surface area (Å²) in [4.78, 5) is 52.7. The van der Waals surface area contributed by atoms with Crippen LogP contribution in [0.15, 0.2) is 91.0 Å². The number of esters is 4. The molecule has 7 rings (SSSR count). The molecule has 4 fully saturated rings. The molecule has 2 N–H and O–H groups in total. The van der Waals surface area contributed by atoms with E-state index in [9.17, 15) is 34.0 Å². The van der Waals surface area contributed by atoms with Gasteiger partial charge in [0.1, 0.15) is 13.2 Å². The van der Waals surface area contributed by atoms with Gasteiger partial charge in [0.25, 0.3) is 0 Å². The van der Waals surface area contributed by atoms with Crippen LogP contribution in [0, 0.1) is 52.3 Å². The van der Waals surface area contributed by atoms with Crippen molar-refractivity contribution in [3.05, 3.63) is 108 Å². The molecule has 13 heteroatoms. The molecule has 6 unspecified atom stereocenters. The van der Waals surface area contributed by atoms with Gasteiger partial charge in [0.2, 0.25) is 14.2 Å². The highest BCUT2D eigenvalue weighted by Gasteiger charge is 2.63. The molecule has 4 aliphatic rings. The third-order valence-corrected chi connectivity index (χ3v) is 19.2. The third kappa shape index (κ3) is 12.9. The molecular formula is C55H73O12P. The molecule has 68 heavy (non-hydrogen) atoms. The second-order valence-corrected chi connectivity index (χ2v) is 23.5. The Morgan fingerprint density at radius 1 is 0.662 bits per heavy atom. The SMILES string of the molecule is C[C@H](CCC(=O)OCOC(=O)CCP(=O)(CC(CCC(=O)OCc1ccccc1)C(=O)OCc1ccccc1)OCc1ccccc1)C1CCC2C3CC[C@@H]4C[C@H](O)CC[C@]4(C)C3C[C@H](O)[C@@]21C. The lowest BCUT2D eigenvalue weighted by Gasteiger charge is -2.62. The van der Waals surface area contributed by atoms with E-state index in [0.29, 0.717) is 30.1 Å². The summed E-state index contributed by atoms with van der Waals surface area (Å²) in [5.41, 5.74) is 2.26. The van der Waals surface area contributed by atoms with Crippen molar-refractivity contribution in [1.29, 1.82) is 0 Å². The number of rotatable bonds is 22. The molecular weight excluding hydrogens is 884 g/mol. The lowest BCUT2D eigenvalue weighted by atomic mass is 9.43. The second kappa shape index (κ2) is 23.5. The zero-order valence-corrected chi connectivity index (χ0v) is 41.1. The van der Waals surface area contributed by atoms with E-state index >= 15 is 0 Å². The van der Waals surface area contributed by atoms with Crippen LogP contribution in [0.4, 0.5) is 0 Å². The molecule has 0 heterocycles. The van der Waals surface area contributed by atoms with Crippen molar-refractivity contribution >= 4 is 31.2 Å². The number of hydrogen-bond acceptors (Lipinski definition) is 12. The number of carbonyl (C=O) groups is 4. The van der Waals surface area contributed by atoms with Crippen molar-refractivity contribution in [3.8, 4) is 0 Å². The number of aliphatic hydroxyl groups is 2. The lowest BCUT2D eigenvalue weighted by Crippen LogP contribution is -2.58. The summed E-state index contributed by atoms with van der Waals surface area (Å²) in [6.07, 6.45) is 7.05. The van der Waals surface area contributed by atoms with Gasteiger partial charge >= 0.3 is 23.9 Å². The number of aliphatic hydroxyl groups excluding tert-OH is 2. The Balaban J connectivity index is 0.904. The highest BCUT2D eigenvalue weighted by atomic mass is 31.2. The highest BCUT2D eigenvalue weighted by molar-refractivity contribution is 7.59. The highest BCUT2D eigenvalue weighted by Crippen LogP contribution is 2.68. The summed E-state index contributed by atoms with van der Waals surface area (Å²) >= 11 is 0. The Bertz CT molecular complexity index is 2170. The third-order valence-electron chi connectivity index (χ3n) is 16.7. The van der Waals surface area contributed by atoms with E-state index in [4.69, 9.17) is 23.5 Å². The van der Waals surface area contributed by atoms with E-state index in [0.717, 1.165) is 68.1 Å². The Morgan fingerprint density at radius 2 is 1.24 bits per heavy atom. The maximum Gasteiger partial charge on any atom is 0.309 e. The molecule has 4 saturated carbocycles. The number of ether oxygens (including phenoxy) is 4. The average Bonchev–Trinajstić information content (AvgIpc) is 3.72. The Kier molecular flexibility index (Phi) is 17.8. The van der Waals surface area contributed by atoms with Crippen LogP contribution in [0.1, 0.15) is 121 Å². The summed E-state index contributed by atoms with van der Waals surface area (Å²) in [7, 11) is -3.78. The van der Waals surface area contributed by atoms with Crippen LogP contribution >= 0.6 is 7.37 Å². The molecule has 0 aromatic heterocycles. The minimum Gasteiger partial charge on any atom is -0.461 e. The van der Waals surface area contributed by atoms with E-state index in [1.165, 1.54) is 0 Å². The summed E-state index contributed by atoms with van der Waals surface area (Å²) in [6.45, 7) is 6.30. The first-order valence-corrected chi connectivity index (χ1v) is 27.0. The van der Waals surface area contributed by atoms with E-state index in [2.05, 4.69) is 20.8 Å². The molecule has 12 atom stereocenters. The van der Waals surface area contributed by atoms with Crippen molar-refractivity contribution in [1.82, 2.24) is 0 Å². The molecule has 3 aromatic rings. The van der Waals surface area contributed by atoms with Crippen molar-refractivity contribution in [2.24, 2.45) is 52.3 Å². The van der Waals surface area contributed by atoms with Crippen LogP contribution in [-0.4, -0.2) is 65.4 Å². The molecule has 4 aliphatic carbocycles. The first-order valence-electron chi connectivity index (χ1n) is 25.0. The quantitative estimate of drug-likeness (QED) is 0.0423. The molecule has 0 radical (unpaired) electrons. The van der Waals surface area contributed by atoms with Gasteiger partial charge in [0.15, 0.2) is 0 Å². The van der Waals surface area contributed by atoms with Crippen molar-refractivity contribution in [3.63, 3.8) is 0 Å². The fourth-order valence-electron chi connectivity index (χ4n) is 12.8.